The Hall–Kier alpha value is -2.37. The molecular weight excluding hydrogens is 286 g/mol. The summed E-state index contributed by atoms with van der Waals surface area (Å²) in [4.78, 5) is 11.9. The van der Waals surface area contributed by atoms with Gasteiger partial charge in [0.2, 0.25) is 0 Å². The predicted molar refractivity (Wildman–Crippen MR) is 70.5 cm³/mol. The molecule has 0 aliphatic heterocycles. The molecule has 0 atom stereocenters. The highest BCUT2D eigenvalue weighted by molar-refractivity contribution is 6.04. The van der Waals surface area contributed by atoms with Crippen LogP contribution >= 0.6 is 0 Å². The van der Waals surface area contributed by atoms with Gasteiger partial charge < -0.3 is 5.32 Å². The van der Waals surface area contributed by atoms with E-state index in [2.05, 4.69) is 5.32 Å². The number of rotatable bonds is 2. The van der Waals surface area contributed by atoms with Gasteiger partial charge >= 0.3 is 6.18 Å². The number of anilines is 1. The molecular formula is C15H11F4NO. The van der Waals surface area contributed by atoms with Gasteiger partial charge in [0.1, 0.15) is 5.82 Å². The molecule has 2 rings (SSSR count). The molecule has 0 aliphatic rings. The van der Waals surface area contributed by atoms with Crippen LogP contribution in [-0.2, 0) is 6.18 Å². The summed E-state index contributed by atoms with van der Waals surface area (Å²) in [6, 6.07) is 8.85. The molecule has 2 aromatic carbocycles. The Morgan fingerprint density at radius 2 is 1.67 bits per heavy atom. The molecule has 1 amide bonds. The van der Waals surface area contributed by atoms with Gasteiger partial charge in [-0.3, -0.25) is 4.79 Å². The highest BCUT2D eigenvalue weighted by Gasteiger charge is 2.34. The van der Waals surface area contributed by atoms with Gasteiger partial charge in [-0.1, -0.05) is 17.7 Å². The quantitative estimate of drug-likeness (QED) is 0.818. The minimum Gasteiger partial charge on any atom is -0.322 e. The lowest BCUT2D eigenvalue weighted by Gasteiger charge is -2.11. The Labute approximate surface area is 118 Å². The summed E-state index contributed by atoms with van der Waals surface area (Å²) in [5, 5.41) is 2.31. The molecule has 0 heterocycles. The molecule has 2 nitrogen and oxygen atoms in total. The first-order valence-corrected chi connectivity index (χ1v) is 6.02. The van der Waals surface area contributed by atoms with Crippen LogP contribution in [0.4, 0.5) is 23.2 Å². The van der Waals surface area contributed by atoms with Crippen LogP contribution in [-0.4, -0.2) is 5.91 Å². The maximum absolute atomic E-state index is 13.1. The number of hydrogen-bond acceptors (Lipinski definition) is 1. The zero-order valence-electron chi connectivity index (χ0n) is 11.0. The number of hydrogen-bond donors (Lipinski definition) is 1. The van der Waals surface area contributed by atoms with Crippen molar-refractivity contribution in [1.29, 1.82) is 0 Å². The monoisotopic (exact) mass is 297 g/mol. The lowest BCUT2D eigenvalue weighted by atomic mass is 10.1. The average Bonchev–Trinajstić information content (AvgIpc) is 2.40. The van der Waals surface area contributed by atoms with E-state index in [9.17, 15) is 22.4 Å². The Bertz CT molecular complexity index is 662. The zero-order valence-corrected chi connectivity index (χ0v) is 11.0. The molecule has 110 valence electrons. The van der Waals surface area contributed by atoms with E-state index >= 15 is 0 Å². The van der Waals surface area contributed by atoms with Crippen LogP contribution in [0.3, 0.4) is 0 Å². The van der Waals surface area contributed by atoms with E-state index in [0.29, 0.717) is 17.7 Å². The largest absolute Gasteiger partial charge is 0.419 e. The van der Waals surface area contributed by atoms with Crippen molar-refractivity contribution < 1.29 is 22.4 Å². The van der Waals surface area contributed by atoms with E-state index < -0.39 is 23.5 Å². The lowest BCUT2D eigenvalue weighted by molar-refractivity contribution is -0.139. The molecule has 0 bridgehead atoms. The normalized spacial score (nSPS) is 11.3. The molecule has 0 aromatic heterocycles. The first kappa shape index (κ1) is 15.0. The molecule has 1 N–H and O–H groups in total. The Kier molecular flexibility index (Phi) is 3.97. The summed E-state index contributed by atoms with van der Waals surface area (Å²) in [5.74, 6) is -1.94. The molecule has 0 saturated heterocycles. The Balaban J connectivity index is 2.24. The van der Waals surface area contributed by atoms with Crippen LogP contribution in [0.25, 0.3) is 0 Å². The van der Waals surface area contributed by atoms with Gasteiger partial charge in [-0.15, -0.1) is 0 Å². The third-order valence-electron chi connectivity index (χ3n) is 2.84. The number of carbonyl (C=O) groups excluding carboxylic acids is 1. The van der Waals surface area contributed by atoms with Crippen molar-refractivity contribution in [2.45, 2.75) is 13.1 Å². The van der Waals surface area contributed by atoms with E-state index in [4.69, 9.17) is 0 Å². The van der Waals surface area contributed by atoms with Gasteiger partial charge in [-0.25, -0.2) is 4.39 Å². The van der Waals surface area contributed by atoms with Crippen molar-refractivity contribution in [3.05, 3.63) is 65.0 Å². The minimum atomic E-state index is -4.81. The number of aryl methyl sites for hydroxylation is 1. The third kappa shape index (κ3) is 3.59. The number of amides is 1. The Morgan fingerprint density at radius 1 is 1.05 bits per heavy atom. The van der Waals surface area contributed by atoms with Crippen LogP contribution < -0.4 is 5.32 Å². The summed E-state index contributed by atoms with van der Waals surface area (Å²) in [6.07, 6.45) is -4.81. The fourth-order valence-electron chi connectivity index (χ4n) is 1.73. The molecule has 21 heavy (non-hydrogen) atoms. The molecule has 0 aliphatic carbocycles. The number of halogens is 4. The van der Waals surface area contributed by atoms with Crippen LogP contribution in [0.1, 0.15) is 21.5 Å². The van der Waals surface area contributed by atoms with E-state index in [1.807, 2.05) is 6.92 Å². The van der Waals surface area contributed by atoms with Crippen LogP contribution in [0.2, 0.25) is 0 Å². The standard InChI is InChI=1S/C15H11F4NO/c1-9-2-4-10(5-3-9)14(21)20-11-6-7-13(16)12(8-11)15(17,18)19/h2-8H,1H3,(H,20,21). The van der Waals surface area contributed by atoms with Gasteiger partial charge in [-0.2, -0.15) is 13.2 Å². The number of nitrogens with one attached hydrogen (secondary N) is 1. The molecule has 0 spiro atoms. The van der Waals surface area contributed by atoms with E-state index in [1.54, 1.807) is 24.3 Å². The third-order valence-corrected chi connectivity index (χ3v) is 2.84. The molecule has 6 heteroatoms. The van der Waals surface area contributed by atoms with Crippen molar-refractivity contribution in [2.24, 2.45) is 0 Å². The van der Waals surface area contributed by atoms with Crippen molar-refractivity contribution in [2.75, 3.05) is 5.32 Å². The number of benzene rings is 2. The van der Waals surface area contributed by atoms with Gasteiger partial charge in [-0.05, 0) is 37.3 Å². The summed E-state index contributed by atoms with van der Waals surface area (Å²) < 4.78 is 50.9. The first-order chi connectivity index (χ1) is 9.77. The van der Waals surface area contributed by atoms with E-state index in [0.717, 1.165) is 11.6 Å². The SMILES string of the molecule is Cc1ccc(C(=O)Nc2ccc(F)c(C(F)(F)F)c2)cc1. The number of alkyl halides is 3. The first-order valence-electron chi connectivity index (χ1n) is 6.02. The summed E-state index contributed by atoms with van der Waals surface area (Å²) in [5.41, 5.74) is -0.273. The maximum atomic E-state index is 13.1. The molecule has 0 fully saturated rings. The highest BCUT2D eigenvalue weighted by Crippen LogP contribution is 2.33. The Morgan fingerprint density at radius 3 is 2.24 bits per heavy atom. The van der Waals surface area contributed by atoms with Gasteiger partial charge in [0, 0.05) is 11.3 Å². The van der Waals surface area contributed by atoms with Gasteiger partial charge in [0.25, 0.3) is 5.91 Å². The van der Waals surface area contributed by atoms with Gasteiger partial charge in [0.05, 0.1) is 5.56 Å². The topological polar surface area (TPSA) is 29.1 Å². The van der Waals surface area contributed by atoms with Crippen molar-refractivity contribution in [3.8, 4) is 0 Å². The second-order valence-electron chi connectivity index (χ2n) is 4.51. The smallest absolute Gasteiger partial charge is 0.322 e. The molecule has 0 radical (unpaired) electrons. The minimum absolute atomic E-state index is 0.116. The maximum Gasteiger partial charge on any atom is 0.419 e. The van der Waals surface area contributed by atoms with Crippen molar-refractivity contribution >= 4 is 11.6 Å². The zero-order chi connectivity index (χ0) is 15.6. The molecule has 0 saturated carbocycles. The van der Waals surface area contributed by atoms with Crippen LogP contribution in [0.15, 0.2) is 42.5 Å². The second kappa shape index (κ2) is 5.55. The second-order valence-corrected chi connectivity index (χ2v) is 4.51. The molecule has 2 aromatic rings. The van der Waals surface area contributed by atoms with E-state index in [-0.39, 0.29) is 5.69 Å². The van der Waals surface area contributed by atoms with Crippen molar-refractivity contribution in [1.82, 2.24) is 0 Å². The van der Waals surface area contributed by atoms with Gasteiger partial charge in [0.15, 0.2) is 0 Å². The fourth-order valence-corrected chi connectivity index (χ4v) is 1.73. The summed E-state index contributed by atoms with van der Waals surface area (Å²) >= 11 is 0. The molecule has 0 unspecified atom stereocenters. The fraction of sp³-hybridized carbons (Fsp3) is 0.133. The number of carbonyl (C=O) groups is 1. The summed E-state index contributed by atoms with van der Waals surface area (Å²) in [6.45, 7) is 1.84. The van der Waals surface area contributed by atoms with Crippen molar-refractivity contribution in [3.63, 3.8) is 0 Å². The van der Waals surface area contributed by atoms with Crippen LogP contribution in [0.5, 0.6) is 0 Å². The summed E-state index contributed by atoms with van der Waals surface area (Å²) in [7, 11) is 0. The predicted octanol–water partition coefficient (Wildman–Crippen LogP) is 4.41. The van der Waals surface area contributed by atoms with Crippen LogP contribution in [0, 0.1) is 12.7 Å². The lowest BCUT2D eigenvalue weighted by Crippen LogP contribution is -2.14. The highest BCUT2D eigenvalue weighted by atomic mass is 19.4. The average molecular weight is 297 g/mol. The van der Waals surface area contributed by atoms with E-state index in [1.165, 1.54) is 0 Å².